The molecule has 21 heavy (non-hydrogen) atoms. The van der Waals surface area contributed by atoms with Crippen LogP contribution in [0.2, 0.25) is 0 Å². The normalized spacial score (nSPS) is 28.8. The number of hydrogen-bond donors (Lipinski definition) is 2. The third-order valence-electron chi connectivity index (χ3n) is 4.76. The van der Waals surface area contributed by atoms with E-state index in [1.807, 2.05) is 6.92 Å². The average molecular weight is 297 g/mol. The smallest absolute Gasteiger partial charge is 0.329 e. The summed E-state index contributed by atoms with van der Waals surface area (Å²) in [6.07, 6.45) is 8.47. The first kappa shape index (κ1) is 16.3. The van der Waals surface area contributed by atoms with Crippen LogP contribution in [0, 0.1) is 0 Å². The van der Waals surface area contributed by atoms with Crippen molar-refractivity contribution < 1.29 is 19.4 Å². The lowest BCUT2D eigenvalue weighted by atomic mass is 9.90. The fraction of sp³-hybridized carbons (Fsp3) is 0.875. The van der Waals surface area contributed by atoms with Crippen LogP contribution in [0.25, 0.3) is 0 Å². The predicted molar refractivity (Wildman–Crippen MR) is 79.0 cm³/mol. The van der Waals surface area contributed by atoms with Crippen molar-refractivity contribution >= 4 is 11.9 Å². The average Bonchev–Trinajstić information content (AvgIpc) is 2.71. The number of carboxylic acids is 1. The van der Waals surface area contributed by atoms with Crippen molar-refractivity contribution in [1.29, 1.82) is 0 Å². The second-order valence-corrected chi connectivity index (χ2v) is 6.53. The summed E-state index contributed by atoms with van der Waals surface area (Å²) in [5.41, 5.74) is -1.04. The van der Waals surface area contributed by atoms with Gasteiger partial charge in [-0.05, 0) is 39.0 Å². The minimum absolute atomic E-state index is 0.151. The minimum atomic E-state index is -1.04. The van der Waals surface area contributed by atoms with E-state index in [4.69, 9.17) is 4.74 Å². The highest BCUT2D eigenvalue weighted by Crippen LogP contribution is 2.28. The Labute approximate surface area is 126 Å². The molecule has 120 valence electrons. The van der Waals surface area contributed by atoms with Crippen LogP contribution in [0.1, 0.15) is 71.1 Å². The van der Waals surface area contributed by atoms with Crippen LogP contribution in [0.5, 0.6) is 0 Å². The number of carbonyl (C=O) groups is 2. The van der Waals surface area contributed by atoms with E-state index in [1.54, 1.807) is 0 Å². The van der Waals surface area contributed by atoms with E-state index in [2.05, 4.69) is 5.32 Å². The molecule has 1 aliphatic carbocycles. The lowest BCUT2D eigenvalue weighted by Crippen LogP contribution is -2.54. The highest BCUT2D eigenvalue weighted by atomic mass is 16.5. The molecule has 0 radical (unpaired) electrons. The zero-order valence-corrected chi connectivity index (χ0v) is 12.9. The van der Waals surface area contributed by atoms with Gasteiger partial charge in [0.25, 0.3) is 0 Å². The maximum Gasteiger partial charge on any atom is 0.329 e. The first-order chi connectivity index (χ1) is 10.0. The molecule has 1 saturated heterocycles. The fourth-order valence-electron chi connectivity index (χ4n) is 3.44. The lowest BCUT2D eigenvalue weighted by Gasteiger charge is -2.29. The molecule has 0 aromatic heterocycles. The van der Waals surface area contributed by atoms with Gasteiger partial charge in [0, 0.05) is 6.42 Å². The standard InChI is InChI=1S/C16H27NO4/c1-12-6-7-13(21-12)8-9-14(18)17-16(15(19)20)10-4-2-3-5-11-16/h12-13H,2-11H2,1H3,(H,17,18)(H,19,20). The largest absolute Gasteiger partial charge is 0.480 e. The van der Waals surface area contributed by atoms with Gasteiger partial charge in [-0.15, -0.1) is 0 Å². The molecule has 2 fully saturated rings. The van der Waals surface area contributed by atoms with E-state index >= 15 is 0 Å². The van der Waals surface area contributed by atoms with Crippen LogP contribution in [0.3, 0.4) is 0 Å². The highest BCUT2D eigenvalue weighted by molar-refractivity contribution is 5.87. The van der Waals surface area contributed by atoms with Crippen LogP contribution in [-0.2, 0) is 14.3 Å². The molecule has 5 nitrogen and oxygen atoms in total. The molecule has 1 heterocycles. The van der Waals surface area contributed by atoms with E-state index in [-0.39, 0.29) is 18.1 Å². The molecule has 1 saturated carbocycles. The third-order valence-corrected chi connectivity index (χ3v) is 4.76. The Balaban J connectivity index is 1.84. The van der Waals surface area contributed by atoms with Gasteiger partial charge in [0.1, 0.15) is 5.54 Å². The molecule has 2 rings (SSSR count). The summed E-state index contributed by atoms with van der Waals surface area (Å²) in [6, 6.07) is 0. The van der Waals surface area contributed by atoms with Gasteiger partial charge in [-0.2, -0.15) is 0 Å². The Morgan fingerprint density at radius 2 is 1.86 bits per heavy atom. The van der Waals surface area contributed by atoms with Crippen molar-refractivity contribution in [3.8, 4) is 0 Å². The summed E-state index contributed by atoms with van der Waals surface area (Å²) in [6.45, 7) is 2.05. The van der Waals surface area contributed by atoms with Crippen molar-refractivity contribution in [2.24, 2.45) is 0 Å². The molecular weight excluding hydrogens is 270 g/mol. The predicted octanol–water partition coefficient (Wildman–Crippen LogP) is 2.63. The van der Waals surface area contributed by atoms with E-state index in [9.17, 15) is 14.7 Å². The van der Waals surface area contributed by atoms with Crippen molar-refractivity contribution in [3.05, 3.63) is 0 Å². The van der Waals surface area contributed by atoms with Crippen molar-refractivity contribution in [2.75, 3.05) is 0 Å². The number of rotatable bonds is 5. The molecule has 0 bridgehead atoms. The number of nitrogens with one attached hydrogen (secondary N) is 1. The van der Waals surface area contributed by atoms with Gasteiger partial charge in [0.2, 0.25) is 5.91 Å². The number of ether oxygens (including phenoxy) is 1. The first-order valence-electron chi connectivity index (χ1n) is 8.22. The number of hydrogen-bond acceptors (Lipinski definition) is 3. The van der Waals surface area contributed by atoms with E-state index in [0.29, 0.717) is 25.7 Å². The highest BCUT2D eigenvalue weighted by Gasteiger charge is 2.40. The van der Waals surface area contributed by atoms with E-state index < -0.39 is 11.5 Å². The fourth-order valence-corrected chi connectivity index (χ4v) is 3.44. The molecular formula is C16H27NO4. The molecule has 2 N–H and O–H groups in total. The number of carbonyl (C=O) groups excluding carboxylic acids is 1. The summed E-state index contributed by atoms with van der Waals surface area (Å²) in [4.78, 5) is 23.8. The van der Waals surface area contributed by atoms with Gasteiger partial charge >= 0.3 is 5.97 Å². The van der Waals surface area contributed by atoms with Crippen molar-refractivity contribution in [3.63, 3.8) is 0 Å². The van der Waals surface area contributed by atoms with Crippen LogP contribution in [0.4, 0.5) is 0 Å². The van der Waals surface area contributed by atoms with Gasteiger partial charge in [-0.1, -0.05) is 25.7 Å². The monoisotopic (exact) mass is 297 g/mol. The minimum Gasteiger partial charge on any atom is -0.480 e. The number of carboxylic acid groups (broad SMARTS) is 1. The molecule has 0 aromatic rings. The lowest BCUT2D eigenvalue weighted by molar-refractivity contribution is -0.148. The van der Waals surface area contributed by atoms with Crippen LogP contribution in [-0.4, -0.2) is 34.7 Å². The molecule has 2 aliphatic rings. The summed E-state index contributed by atoms with van der Waals surface area (Å²) in [5.74, 6) is -1.04. The summed E-state index contributed by atoms with van der Waals surface area (Å²) in [7, 11) is 0. The van der Waals surface area contributed by atoms with Gasteiger partial charge in [-0.3, -0.25) is 4.79 Å². The van der Waals surface area contributed by atoms with Crippen molar-refractivity contribution in [1.82, 2.24) is 5.32 Å². The Morgan fingerprint density at radius 3 is 2.38 bits per heavy atom. The molecule has 5 heteroatoms. The Bertz CT molecular complexity index is 374. The Hall–Kier alpha value is -1.10. The molecule has 1 aliphatic heterocycles. The Morgan fingerprint density at radius 1 is 1.19 bits per heavy atom. The summed E-state index contributed by atoms with van der Waals surface area (Å²) in [5, 5.41) is 12.4. The van der Waals surface area contributed by atoms with Crippen LogP contribution < -0.4 is 5.32 Å². The summed E-state index contributed by atoms with van der Waals surface area (Å²) >= 11 is 0. The zero-order valence-electron chi connectivity index (χ0n) is 12.9. The number of aliphatic carboxylic acids is 1. The molecule has 2 unspecified atom stereocenters. The zero-order chi connectivity index (χ0) is 15.3. The maximum atomic E-state index is 12.1. The van der Waals surface area contributed by atoms with Crippen LogP contribution in [0.15, 0.2) is 0 Å². The van der Waals surface area contributed by atoms with E-state index in [1.165, 1.54) is 0 Å². The van der Waals surface area contributed by atoms with Crippen LogP contribution >= 0.6 is 0 Å². The Kier molecular flexibility index (Phi) is 5.62. The van der Waals surface area contributed by atoms with Gasteiger partial charge in [0.05, 0.1) is 12.2 Å². The molecule has 1 amide bonds. The quantitative estimate of drug-likeness (QED) is 0.765. The molecule has 2 atom stereocenters. The first-order valence-corrected chi connectivity index (χ1v) is 8.22. The van der Waals surface area contributed by atoms with Gasteiger partial charge in [0.15, 0.2) is 0 Å². The third kappa shape index (κ3) is 4.43. The second-order valence-electron chi connectivity index (χ2n) is 6.53. The van der Waals surface area contributed by atoms with E-state index in [0.717, 1.165) is 38.5 Å². The SMILES string of the molecule is CC1CCC(CCC(=O)NC2(C(=O)O)CCCCCC2)O1. The molecule has 0 spiro atoms. The van der Waals surface area contributed by atoms with Gasteiger partial charge in [-0.25, -0.2) is 4.79 Å². The second kappa shape index (κ2) is 7.25. The topological polar surface area (TPSA) is 75.6 Å². The summed E-state index contributed by atoms with van der Waals surface area (Å²) < 4.78 is 5.70. The van der Waals surface area contributed by atoms with Crippen molar-refractivity contribution in [2.45, 2.75) is 88.9 Å². The number of amides is 1. The maximum absolute atomic E-state index is 12.1. The molecule has 0 aromatic carbocycles. The van der Waals surface area contributed by atoms with Gasteiger partial charge < -0.3 is 15.2 Å².